The Morgan fingerprint density at radius 2 is 1.64 bits per heavy atom. The number of sulfonamides is 1. The van der Waals surface area contributed by atoms with Gasteiger partial charge < -0.3 is 10.2 Å². The molecule has 1 unspecified atom stereocenters. The van der Waals surface area contributed by atoms with E-state index in [9.17, 15) is 22.4 Å². The second kappa shape index (κ2) is 13.3. The van der Waals surface area contributed by atoms with Crippen LogP contribution in [-0.4, -0.2) is 44.3 Å². The van der Waals surface area contributed by atoms with Crippen molar-refractivity contribution in [3.63, 3.8) is 0 Å². The fourth-order valence-electron chi connectivity index (χ4n) is 3.76. The molecule has 3 aromatic rings. The summed E-state index contributed by atoms with van der Waals surface area (Å²) in [5.74, 6) is -1.58. The van der Waals surface area contributed by atoms with Gasteiger partial charge in [-0.1, -0.05) is 67.4 Å². The number of hydrogen-bond donors (Lipinski definition) is 1. The first-order valence-electron chi connectivity index (χ1n) is 12.2. The number of benzene rings is 3. The lowest BCUT2D eigenvalue weighted by atomic mass is 10.1. The van der Waals surface area contributed by atoms with E-state index in [2.05, 4.69) is 5.32 Å². The molecule has 0 fully saturated rings. The summed E-state index contributed by atoms with van der Waals surface area (Å²) in [5.41, 5.74) is 0.653. The highest BCUT2D eigenvalue weighted by Crippen LogP contribution is 2.28. The van der Waals surface area contributed by atoms with Gasteiger partial charge in [-0.3, -0.25) is 13.9 Å². The minimum Gasteiger partial charge on any atom is -0.354 e. The number of nitrogens with one attached hydrogen (secondary N) is 1. The molecule has 0 aliphatic rings. The van der Waals surface area contributed by atoms with Crippen molar-refractivity contribution in [3.8, 4) is 0 Å². The number of amides is 2. The Labute approximate surface area is 238 Å². The normalized spacial score (nSPS) is 12.2. The first-order chi connectivity index (χ1) is 18.4. The molecule has 0 heterocycles. The minimum atomic E-state index is -4.28. The number of nitrogens with zero attached hydrogens (tertiary/aromatic N) is 2. The van der Waals surface area contributed by atoms with Crippen LogP contribution in [0.3, 0.4) is 0 Å². The zero-order chi connectivity index (χ0) is 28.7. The summed E-state index contributed by atoms with van der Waals surface area (Å²) < 4.78 is 42.2. The van der Waals surface area contributed by atoms with Crippen LogP contribution in [0.4, 0.5) is 10.1 Å². The molecule has 11 heteroatoms. The summed E-state index contributed by atoms with van der Waals surface area (Å²) in [6.45, 7) is 5.20. The average Bonchev–Trinajstić information content (AvgIpc) is 2.90. The minimum absolute atomic E-state index is 0.000935. The van der Waals surface area contributed by atoms with Crippen LogP contribution in [0.15, 0.2) is 77.7 Å². The summed E-state index contributed by atoms with van der Waals surface area (Å²) in [6.07, 6.45) is 0. The maximum Gasteiger partial charge on any atom is 0.264 e. The number of anilines is 1. The van der Waals surface area contributed by atoms with Gasteiger partial charge in [-0.25, -0.2) is 12.8 Å². The van der Waals surface area contributed by atoms with Crippen molar-refractivity contribution in [2.45, 2.75) is 38.3 Å². The molecule has 39 heavy (non-hydrogen) atoms. The quantitative estimate of drug-likeness (QED) is 0.317. The zero-order valence-electron chi connectivity index (χ0n) is 21.8. The molecule has 0 saturated carbocycles. The first-order valence-corrected chi connectivity index (χ1v) is 14.4. The maximum absolute atomic E-state index is 13.9. The molecule has 2 amide bonds. The molecular weight excluding hydrogens is 564 g/mol. The molecular formula is C28H30Cl2FN3O4S. The van der Waals surface area contributed by atoms with Gasteiger partial charge in [0.05, 0.1) is 15.6 Å². The fourth-order valence-corrected chi connectivity index (χ4v) is 5.57. The molecule has 1 N–H and O–H groups in total. The number of rotatable bonds is 11. The second-order valence-corrected chi connectivity index (χ2v) is 12.1. The molecule has 0 aromatic heterocycles. The predicted octanol–water partition coefficient (Wildman–Crippen LogP) is 5.52. The largest absolute Gasteiger partial charge is 0.354 e. The Morgan fingerprint density at radius 3 is 2.26 bits per heavy atom. The Bertz CT molecular complexity index is 1420. The lowest BCUT2D eigenvalue weighted by molar-refractivity contribution is -0.139. The summed E-state index contributed by atoms with van der Waals surface area (Å²) in [7, 11) is -4.28. The monoisotopic (exact) mass is 593 g/mol. The molecule has 0 aliphatic carbocycles. The lowest BCUT2D eigenvalue weighted by Crippen LogP contribution is -2.51. The summed E-state index contributed by atoms with van der Waals surface area (Å²) in [4.78, 5) is 28.0. The highest BCUT2D eigenvalue weighted by molar-refractivity contribution is 7.92. The van der Waals surface area contributed by atoms with Gasteiger partial charge in [-0.15, -0.1) is 0 Å². The first kappa shape index (κ1) is 30.4. The highest BCUT2D eigenvalue weighted by atomic mass is 35.5. The highest BCUT2D eigenvalue weighted by Gasteiger charge is 2.32. The number of hydrogen-bond acceptors (Lipinski definition) is 4. The van der Waals surface area contributed by atoms with Crippen LogP contribution in [-0.2, 0) is 26.2 Å². The third-order valence-electron chi connectivity index (χ3n) is 5.90. The molecule has 3 aromatic carbocycles. The van der Waals surface area contributed by atoms with E-state index in [1.807, 2.05) is 13.8 Å². The van der Waals surface area contributed by atoms with E-state index in [0.717, 1.165) is 16.4 Å². The third-order valence-corrected chi connectivity index (χ3v) is 8.21. The van der Waals surface area contributed by atoms with E-state index in [-0.39, 0.29) is 34.0 Å². The number of carbonyl (C=O) groups is 2. The van der Waals surface area contributed by atoms with Crippen molar-refractivity contribution >= 4 is 50.7 Å². The van der Waals surface area contributed by atoms with Crippen molar-refractivity contribution in [1.82, 2.24) is 10.2 Å². The van der Waals surface area contributed by atoms with E-state index in [0.29, 0.717) is 17.1 Å². The van der Waals surface area contributed by atoms with E-state index in [4.69, 9.17) is 23.2 Å². The van der Waals surface area contributed by atoms with E-state index in [1.54, 1.807) is 49.4 Å². The van der Waals surface area contributed by atoms with Crippen LogP contribution in [0.25, 0.3) is 0 Å². The SMILES string of the molecule is CC(C)CNC(=O)C(C)N(Cc1cccc(Cl)c1)C(=O)CN(c1ccc(F)c(Cl)c1)S(=O)(=O)c1ccccc1. The zero-order valence-corrected chi connectivity index (χ0v) is 24.1. The molecule has 0 radical (unpaired) electrons. The molecule has 0 aliphatic heterocycles. The van der Waals surface area contributed by atoms with E-state index < -0.39 is 34.3 Å². The van der Waals surface area contributed by atoms with Crippen LogP contribution in [0.5, 0.6) is 0 Å². The number of carbonyl (C=O) groups excluding carboxylic acids is 2. The molecule has 208 valence electrons. The molecule has 1 atom stereocenters. The topological polar surface area (TPSA) is 86.8 Å². The Kier molecular flexibility index (Phi) is 10.4. The third kappa shape index (κ3) is 7.94. The molecule has 0 bridgehead atoms. The van der Waals surface area contributed by atoms with Gasteiger partial charge in [0.15, 0.2) is 0 Å². The molecule has 7 nitrogen and oxygen atoms in total. The van der Waals surface area contributed by atoms with Crippen LogP contribution in [0, 0.1) is 11.7 Å². The van der Waals surface area contributed by atoms with Crippen molar-refractivity contribution < 1.29 is 22.4 Å². The standard InChI is InChI=1S/C28H30Cl2FN3O4S/c1-19(2)16-32-28(36)20(3)33(17-21-8-7-9-22(29)14-21)27(35)18-34(23-12-13-26(31)25(30)15-23)39(37,38)24-10-5-4-6-11-24/h4-15,19-20H,16-18H2,1-3H3,(H,32,36). The summed E-state index contributed by atoms with van der Waals surface area (Å²) >= 11 is 12.1. The maximum atomic E-state index is 13.9. The van der Waals surface area contributed by atoms with Crippen molar-refractivity contribution in [2.24, 2.45) is 5.92 Å². The van der Waals surface area contributed by atoms with Crippen LogP contribution in [0.1, 0.15) is 26.3 Å². The van der Waals surface area contributed by atoms with E-state index >= 15 is 0 Å². The Morgan fingerprint density at radius 1 is 0.949 bits per heavy atom. The van der Waals surface area contributed by atoms with E-state index in [1.165, 1.54) is 23.1 Å². The van der Waals surface area contributed by atoms with Crippen molar-refractivity contribution in [1.29, 1.82) is 0 Å². The fraction of sp³-hybridized carbons (Fsp3) is 0.286. The van der Waals surface area contributed by atoms with Gasteiger partial charge in [-0.2, -0.15) is 0 Å². The van der Waals surface area contributed by atoms with Gasteiger partial charge in [-0.05, 0) is 60.9 Å². The second-order valence-electron chi connectivity index (χ2n) is 9.39. The van der Waals surface area contributed by atoms with Gasteiger partial charge in [0, 0.05) is 18.1 Å². The van der Waals surface area contributed by atoms with Gasteiger partial charge in [0.1, 0.15) is 18.4 Å². The Balaban J connectivity index is 2.03. The van der Waals surface area contributed by atoms with Gasteiger partial charge in [0.25, 0.3) is 10.0 Å². The van der Waals surface area contributed by atoms with Crippen LogP contribution < -0.4 is 9.62 Å². The van der Waals surface area contributed by atoms with Crippen LogP contribution in [0.2, 0.25) is 10.0 Å². The van der Waals surface area contributed by atoms with Gasteiger partial charge >= 0.3 is 0 Å². The smallest absolute Gasteiger partial charge is 0.264 e. The summed E-state index contributed by atoms with van der Waals surface area (Å²) in [6, 6.07) is 16.8. The van der Waals surface area contributed by atoms with Crippen molar-refractivity contribution in [2.75, 3.05) is 17.4 Å². The van der Waals surface area contributed by atoms with Gasteiger partial charge in [0.2, 0.25) is 11.8 Å². The number of halogens is 3. The average molecular weight is 595 g/mol. The summed E-state index contributed by atoms with van der Waals surface area (Å²) in [5, 5.41) is 2.97. The van der Waals surface area contributed by atoms with Crippen LogP contribution >= 0.6 is 23.2 Å². The predicted molar refractivity (Wildman–Crippen MR) is 152 cm³/mol. The van der Waals surface area contributed by atoms with Crippen molar-refractivity contribution in [3.05, 3.63) is 94.2 Å². The molecule has 0 saturated heterocycles. The molecule has 3 rings (SSSR count). The molecule has 0 spiro atoms. The lowest BCUT2D eigenvalue weighted by Gasteiger charge is -2.32. The Hall–Kier alpha value is -3.14.